The summed E-state index contributed by atoms with van der Waals surface area (Å²) < 4.78 is 5.80. The molecule has 0 fully saturated rings. The smallest absolute Gasteiger partial charge is 0.303 e. The molecule has 0 saturated heterocycles. The van der Waals surface area contributed by atoms with E-state index < -0.39 is 28.5 Å². The van der Waals surface area contributed by atoms with Crippen LogP contribution in [0, 0.1) is 10.7 Å². The molecule has 130 valence electrons. The maximum absolute atomic E-state index is 12.2. The van der Waals surface area contributed by atoms with Gasteiger partial charge in [0.2, 0.25) is 0 Å². The number of hydrogen-bond acceptors (Lipinski definition) is 5. The highest BCUT2D eigenvalue weighted by molar-refractivity contribution is 14.1. The maximum atomic E-state index is 12.2. The van der Waals surface area contributed by atoms with Crippen LogP contribution in [0.4, 0.5) is 5.69 Å². The molecule has 0 aliphatic heterocycles. The molecule has 1 aromatic carbocycles. The number of ether oxygens (including phenoxy) is 1. The van der Waals surface area contributed by atoms with Crippen molar-refractivity contribution in [2.45, 2.75) is 20.0 Å². The lowest BCUT2D eigenvalue weighted by atomic mass is 10.1. The summed E-state index contributed by atoms with van der Waals surface area (Å²) in [5, 5.41) is 0.967. The zero-order valence-corrected chi connectivity index (χ0v) is 20.0. The minimum absolute atomic E-state index is 0.0673. The van der Waals surface area contributed by atoms with E-state index in [1.807, 2.05) is 45.2 Å². The first-order valence-electron chi connectivity index (χ1n) is 6.07. The quantitative estimate of drug-likeness (QED) is 0.282. The van der Waals surface area contributed by atoms with Gasteiger partial charge in [0.15, 0.2) is 6.10 Å². The summed E-state index contributed by atoms with van der Waals surface area (Å²) in [5.74, 6) is -1.24. The van der Waals surface area contributed by atoms with Gasteiger partial charge in [-0.1, -0.05) is 0 Å². The van der Waals surface area contributed by atoms with Gasteiger partial charge in [-0.3, -0.25) is 19.2 Å². The van der Waals surface area contributed by atoms with E-state index in [1.165, 1.54) is 13.8 Å². The molecule has 0 saturated carbocycles. The summed E-state index contributed by atoms with van der Waals surface area (Å²) in [7, 11) is 0. The van der Waals surface area contributed by atoms with Crippen molar-refractivity contribution in [3.63, 3.8) is 0 Å². The molecule has 0 heterocycles. The molecule has 0 bridgehead atoms. The van der Waals surface area contributed by atoms with Crippen LogP contribution in [0.1, 0.15) is 34.6 Å². The Labute approximate surface area is 188 Å². The predicted molar refractivity (Wildman–Crippen MR) is 115 cm³/mol. The van der Waals surface area contributed by atoms with Crippen molar-refractivity contribution in [3.05, 3.63) is 21.8 Å². The van der Waals surface area contributed by atoms with Gasteiger partial charge in [-0.15, -0.1) is 0 Å². The van der Waals surface area contributed by atoms with Gasteiger partial charge < -0.3 is 10.1 Å². The number of benzene rings is 1. The highest BCUT2D eigenvalue weighted by Crippen LogP contribution is 2.37. The van der Waals surface area contributed by atoms with Crippen molar-refractivity contribution in [1.29, 1.82) is 0 Å². The minimum Gasteiger partial charge on any atom is -0.453 e. The summed E-state index contributed by atoms with van der Waals surface area (Å²) in [4.78, 5) is 46.5. The molecule has 24 heavy (non-hydrogen) atoms. The number of nitrogens with one attached hydrogen (secondary N) is 1. The third-order valence-corrected chi connectivity index (χ3v) is 6.28. The first-order chi connectivity index (χ1) is 11.0. The zero-order chi connectivity index (χ0) is 18.8. The van der Waals surface area contributed by atoms with E-state index in [9.17, 15) is 19.2 Å². The summed E-state index contributed by atoms with van der Waals surface area (Å²) >= 11 is 16.7. The lowest BCUT2D eigenvalue weighted by molar-refractivity contribution is -0.150. The molecule has 1 N–H and O–H groups in total. The summed E-state index contributed by atoms with van der Waals surface area (Å²) in [6, 6.07) is 0. The van der Waals surface area contributed by atoms with Crippen LogP contribution < -0.4 is 5.32 Å². The van der Waals surface area contributed by atoms with Gasteiger partial charge in [-0.2, -0.15) is 0 Å². The van der Waals surface area contributed by atoms with Crippen molar-refractivity contribution >= 4 is 119 Å². The fourth-order valence-corrected chi connectivity index (χ4v) is 7.08. The number of carbonyl (C=O) groups excluding carboxylic acids is 4. The molecular formula is C13H8Cl2I3NO5. The molecular weight excluding hydrogens is 702 g/mol. The standard InChI is InChI=1S/C13H8Cl2I3NO5/c1-3(24-4(2)20)13(23)19-10-8(17)5(11(14)21)7(16)6(9(10)18)12(15)22/h3H,1-2H3,(H,19,23)/t3-/m1/s1. The molecule has 1 rings (SSSR count). The molecule has 0 spiro atoms. The third kappa shape index (κ3) is 5.14. The average molecular weight is 710 g/mol. The van der Waals surface area contributed by atoms with Crippen LogP contribution in [0.5, 0.6) is 0 Å². The van der Waals surface area contributed by atoms with Crippen LogP contribution in [-0.2, 0) is 14.3 Å². The van der Waals surface area contributed by atoms with Crippen LogP contribution in [-0.4, -0.2) is 28.5 Å². The Morgan fingerprint density at radius 2 is 1.38 bits per heavy atom. The van der Waals surface area contributed by atoms with E-state index in [2.05, 4.69) is 5.32 Å². The molecule has 0 unspecified atom stereocenters. The van der Waals surface area contributed by atoms with Gasteiger partial charge in [-0.05, 0) is 97.9 Å². The van der Waals surface area contributed by atoms with E-state index in [4.69, 9.17) is 27.9 Å². The fraction of sp³-hybridized carbons (Fsp3) is 0.231. The number of esters is 1. The molecule has 0 radical (unpaired) electrons. The Hall–Kier alpha value is 0.270. The lowest BCUT2D eigenvalue weighted by Gasteiger charge is -2.18. The Kier molecular flexibility index (Phi) is 8.62. The number of rotatable bonds is 5. The van der Waals surface area contributed by atoms with E-state index in [0.717, 1.165) is 0 Å². The van der Waals surface area contributed by atoms with Gasteiger partial charge in [0.25, 0.3) is 16.4 Å². The maximum Gasteiger partial charge on any atom is 0.303 e. The number of hydrogen-bond donors (Lipinski definition) is 1. The van der Waals surface area contributed by atoms with Crippen LogP contribution in [0.3, 0.4) is 0 Å². The molecule has 6 nitrogen and oxygen atoms in total. The number of halogens is 5. The SMILES string of the molecule is CC(=O)O[C@H](C)C(=O)Nc1c(I)c(C(=O)Cl)c(I)c(C(=O)Cl)c1I. The van der Waals surface area contributed by atoms with Gasteiger partial charge >= 0.3 is 5.97 Å². The molecule has 1 aromatic rings. The van der Waals surface area contributed by atoms with Crippen LogP contribution in [0.15, 0.2) is 0 Å². The van der Waals surface area contributed by atoms with E-state index in [-0.39, 0.29) is 16.8 Å². The molecule has 11 heteroatoms. The fourth-order valence-electron chi connectivity index (χ4n) is 1.65. The first kappa shape index (κ1) is 22.3. The summed E-state index contributed by atoms with van der Waals surface area (Å²) in [5.41, 5.74) is 0.337. The van der Waals surface area contributed by atoms with Crippen LogP contribution in [0.25, 0.3) is 0 Å². The predicted octanol–water partition coefficient (Wildman–Crippen LogP) is 4.15. The normalized spacial score (nSPS) is 11.6. The van der Waals surface area contributed by atoms with Crippen molar-refractivity contribution < 1.29 is 23.9 Å². The average Bonchev–Trinajstić information content (AvgIpc) is 2.41. The minimum atomic E-state index is -1.06. The second kappa shape index (κ2) is 9.28. The molecule has 1 atom stereocenters. The van der Waals surface area contributed by atoms with Gasteiger partial charge in [-0.25, -0.2) is 0 Å². The Bertz CT molecular complexity index is 713. The zero-order valence-electron chi connectivity index (χ0n) is 12.0. The van der Waals surface area contributed by atoms with Crippen molar-refractivity contribution in [2.24, 2.45) is 0 Å². The van der Waals surface area contributed by atoms with Gasteiger partial charge in [0.1, 0.15) is 0 Å². The first-order valence-corrected chi connectivity index (χ1v) is 10.1. The summed E-state index contributed by atoms with van der Waals surface area (Å²) in [6.07, 6.45) is -1.06. The van der Waals surface area contributed by atoms with Crippen LogP contribution >= 0.6 is 91.0 Å². The monoisotopic (exact) mass is 709 g/mol. The van der Waals surface area contributed by atoms with Crippen molar-refractivity contribution in [1.82, 2.24) is 0 Å². The molecule has 1 amide bonds. The Morgan fingerprint density at radius 3 is 1.71 bits per heavy atom. The van der Waals surface area contributed by atoms with Gasteiger partial charge in [0.05, 0.1) is 24.0 Å². The third-order valence-electron chi connectivity index (χ3n) is 2.67. The molecule has 0 aromatic heterocycles. The van der Waals surface area contributed by atoms with Crippen molar-refractivity contribution in [3.8, 4) is 0 Å². The largest absolute Gasteiger partial charge is 0.453 e. The number of carbonyl (C=O) groups is 4. The lowest BCUT2D eigenvalue weighted by Crippen LogP contribution is -2.30. The van der Waals surface area contributed by atoms with E-state index in [1.54, 1.807) is 22.6 Å². The van der Waals surface area contributed by atoms with Crippen LogP contribution in [0.2, 0.25) is 0 Å². The molecule has 0 aliphatic carbocycles. The number of amides is 1. The molecule has 0 aliphatic rings. The van der Waals surface area contributed by atoms with E-state index in [0.29, 0.717) is 10.7 Å². The topological polar surface area (TPSA) is 89.5 Å². The summed E-state index contributed by atoms with van der Waals surface area (Å²) in [6.45, 7) is 2.57. The highest BCUT2D eigenvalue weighted by Gasteiger charge is 2.28. The highest BCUT2D eigenvalue weighted by atomic mass is 127. The second-order valence-electron chi connectivity index (χ2n) is 4.36. The van der Waals surface area contributed by atoms with E-state index >= 15 is 0 Å². The number of anilines is 1. The Balaban J connectivity index is 3.48. The second-order valence-corrected chi connectivity index (χ2v) is 8.28. The van der Waals surface area contributed by atoms with Gasteiger partial charge in [0, 0.05) is 10.5 Å². The Morgan fingerprint density at radius 1 is 0.958 bits per heavy atom. The van der Waals surface area contributed by atoms with Crippen molar-refractivity contribution in [2.75, 3.05) is 5.32 Å².